The predicted molar refractivity (Wildman–Crippen MR) is 33.5 cm³/mol. The zero-order valence-electron chi connectivity index (χ0n) is 8.49. The number of likely N-dealkylation sites (N-methyl/N-ethyl adjacent to an activating group) is 1. The first-order valence-corrected chi connectivity index (χ1v) is 3.24. The molecule has 0 fully saturated rings. The molecule has 0 spiro atoms. The summed E-state index contributed by atoms with van der Waals surface area (Å²) in [5.74, 6) is -3.64. The third kappa shape index (κ3) is 4.59. The minimum atomic E-state index is -2.30. The first-order valence-electron chi connectivity index (χ1n) is 3.24. The molecule has 6 nitrogen and oxygen atoms in total. The molecule has 2 N–H and O–H groups in total. The number of carboxylic acid groups (broad SMARTS) is 2. The maximum Gasteiger partial charge on any atom is 1.00 e. The van der Waals surface area contributed by atoms with Crippen LogP contribution in [-0.2, 0) is 9.59 Å². The minimum absolute atomic E-state index is 0. The van der Waals surface area contributed by atoms with E-state index in [0.717, 1.165) is 7.05 Å². The van der Waals surface area contributed by atoms with Gasteiger partial charge in [-0.1, -0.05) is 0 Å². The molecule has 0 rings (SSSR count). The molecule has 0 aliphatic rings. The maximum absolute atomic E-state index is 10.4. The largest absolute Gasteiger partial charge is 1.00 e. The second-order valence-electron chi connectivity index (χ2n) is 2.20. The average Bonchev–Trinajstić information content (AvgIpc) is 1.98. The Labute approximate surface area is 126 Å². The van der Waals surface area contributed by atoms with Crippen LogP contribution in [0, 0.1) is 0 Å². The molecule has 0 aliphatic carbocycles. The van der Waals surface area contributed by atoms with Crippen LogP contribution in [0.3, 0.4) is 0 Å². The van der Waals surface area contributed by atoms with E-state index in [2.05, 4.69) is 0 Å². The summed E-state index contributed by atoms with van der Waals surface area (Å²) in [5, 5.41) is 31.2. The molecule has 0 aromatic carbocycles. The molecule has 0 atom stereocenters. The van der Waals surface area contributed by atoms with Crippen LogP contribution in [0.15, 0.2) is 0 Å². The number of nitrogens with one attached hydrogen (secondary N) is 1. The van der Waals surface area contributed by atoms with Crippen molar-refractivity contribution in [1.29, 1.82) is 0 Å². The Balaban J connectivity index is -0.000000605. The van der Waals surface area contributed by atoms with Gasteiger partial charge in [0.15, 0.2) is 0 Å². The van der Waals surface area contributed by atoms with Crippen molar-refractivity contribution < 1.29 is 84.0 Å². The first kappa shape index (κ1) is 20.3. The number of aliphatic carboxylic acids is 2. The minimum Gasteiger partial charge on any atom is -0.548 e. The van der Waals surface area contributed by atoms with Gasteiger partial charge in [-0.2, -0.15) is 0 Å². The van der Waals surface area contributed by atoms with Gasteiger partial charge in [0.25, 0.3) is 0 Å². The molecule has 0 amide bonds. The van der Waals surface area contributed by atoms with Crippen molar-refractivity contribution in [3.63, 3.8) is 0 Å². The van der Waals surface area contributed by atoms with Crippen LogP contribution in [0.2, 0.25) is 0 Å². The van der Waals surface area contributed by atoms with Crippen LogP contribution in [0.4, 0.5) is 0 Å². The Kier molecular flexibility index (Phi) is 13.2. The summed E-state index contributed by atoms with van der Waals surface area (Å²) in [5.41, 5.74) is -2.30. The maximum atomic E-state index is 10.4. The molecule has 14 heavy (non-hydrogen) atoms. The van der Waals surface area contributed by atoms with E-state index in [1.807, 2.05) is 5.32 Å². The van der Waals surface area contributed by atoms with Crippen molar-refractivity contribution in [2.24, 2.45) is 0 Å². The Morgan fingerprint density at radius 1 is 1.29 bits per heavy atom. The number of hydrogen-bond donors (Lipinski definition) is 2. The molecule has 0 saturated carbocycles. The summed E-state index contributed by atoms with van der Waals surface area (Å²) in [7, 11) is 1.14. The van der Waals surface area contributed by atoms with Crippen molar-refractivity contribution in [2.45, 2.75) is 12.0 Å². The van der Waals surface area contributed by atoms with Crippen molar-refractivity contribution in [2.75, 3.05) is 13.7 Å². The van der Waals surface area contributed by atoms with Crippen LogP contribution in [0.1, 0.15) is 6.42 Å². The van der Waals surface area contributed by atoms with E-state index in [0.29, 0.717) is 0 Å². The van der Waals surface area contributed by atoms with Crippen LogP contribution >= 0.6 is 0 Å². The number of carbonyl (C=O) groups excluding carboxylic acids is 2. The molecular weight excluding hydrogens is 212 g/mol. The van der Waals surface area contributed by atoms with Gasteiger partial charge < -0.3 is 30.2 Å². The van der Waals surface area contributed by atoms with Crippen molar-refractivity contribution in [1.82, 2.24) is 5.32 Å². The quantitative estimate of drug-likeness (QED) is 0.352. The van der Waals surface area contributed by atoms with E-state index in [1.54, 1.807) is 0 Å². The smallest absolute Gasteiger partial charge is 0.548 e. The van der Waals surface area contributed by atoms with Crippen molar-refractivity contribution in [3.8, 4) is 0 Å². The second kappa shape index (κ2) is 9.11. The van der Waals surface area contributed by atoms with Gasteiger partial charge in [-0.25, -0.2) is 0 Å². The number of rotatable bonds is 5. The molecule has 0 radical (unpaired) electrons. The molecule has 0 bridgehead atoms. The van der Waals surface area contributed by atoms with E-state index in [9.17, 15) is 19.8 Å². The van der Waals surface area contributed by atoms with E-state index >= 15 is 0 Å². The van der Waals surface area contributed by atoms with E-state index in [1.165, 1.54) is 0 Å². The third-order valence-electron chi connectivity index (χ3n) is 1.61. The zero-order valence-corrected chi connectivity index (χ0v) is 12.5. The molecule has 0 aliphatic heterocycles. The Hall–Kier alpha value is 0.860. The normalized spacial score (nSPS) is 9.57. The topological polar surface area (TPSA) is 113 Å². The Bertz CT molecular complexity index is 185. The summed E-state index contributed by atoms with van der Waals surface area (Å²) in [6.07, 6.45) is -0.492. The number of hydrogen-bond acceptors (Lipinski definition) is 6. The standard InChI is InChI=1S/C6H11NO5.2Na/c1-7-6(2-3-8,4(9)10)5(11)12;;/h7-8H,2-3H2,1H3,(H,9,10)(H,11,12);;/q;2*+1/p-2. The number of aliphatic hydroxyl groups excluding tert-OH is 1. The fourth-order valence-corrected chi connectivity index (χ4v) is 0.784. The van der Waals surface area contributed by atoms with E-state index in [4.69, 9.17) is 5.11 Å². The summed E-state index contributed by atoms with van der Waals surface area (Å²) in [6, 6.07) is 0. The van der Waals surface area contributed by atoms with Crippen LogP contribution in [0.25, 0.3) is 0 Å². The molecule has 70 valence electrons. The van der Waals surface area contributed by atoms with Gasteiger partial charge >= 0.3 is 59.1 Å². The number of carboxylic acids is 2. The third-order valence-corrected chi connectivity index (χ3v) is 1.61. The zero-order chi connectivity index (χ0) is 9.78. The number of aliphatic hydroxyl groups is 1. The average molecular weight is 221 g/mol. The first-order chi connectivity index (χ1) is 5.51. The predicted octanol–water partition coefficient (Wildman–Crippen LogP) is -10.2. The number of carbonyl (C=O) groups is 2. The van der Waals surface area contributed by atoms with Gasteiger partial charge in [0.2, 0.25) is 0 Å². The van der Waals surface area contributed by atoms with Gasteiger partial charge in [0.05, 0.1) is 11.9 Å². The Morgan fingerprint density at radius 2 is 1.64 bits per heavy atom. The van der Waals surface area contributed by atoms with Crippen LogP contribution in [0.5, 0.6) is 0 Å². The van der Waals surface area contributed by atoms with Gasteiger partial charge in [-0.15, -0.1) is 0 Å². The molecule has 0 saturated heterocycles. The van der Waals surface area contributed by atoms with Gasteiger partial charge in [-0.05, 0) is 13.5 Å². The summed E-state index contributed by atoms with van der Waals surface area (Å²) < 4.78 is 0. The molecule has 8 heteroatoms. The van der Waals surface area contributed by atoms with E-state index in [-0.39, 0.29) is 59.1 Å². The SMILES string of the molecule is CNC(CCO)(C(=O)[O-])C(=O)[O-].[Na+].[Na+]. The van der Waals surface area contributed by atoms with Crippen molar-refractivity contribution >= 4 is 11.9 Å². The second-order valence-corrected chi connectivity index (χ2v) is 2.20. The summed E-state index contributed by atoms with van der Waals surface area (Å²) in [6.45, 7) is -0.581. The fourth-order valence-electron chi connectivity index (χ4n) is 0.784. The van der Waals surface area contributed by atoms with E-state index < -0.39 is 30.5 Å². The molecule has 0 unspecified atom stereocenters. The molecule has 0 aromatic rings. The van der Waals surface area contributed by atoms with Gasteiger partial charge in [-0.3, -0.25) is 0 Å². The fraction of sp³-hybridized carbons (Fsp3) is 0.667. The summed E-state index contributed by atoms with van der Waals surface area (Å²) >= 11 is 0. The van der Waals surface area contributed by atoms with Crippen molar-refractivity contribution in [3.05, 3.63) is 0 Å². The molecule has 0 heterocycles. The molecule has 0 aromatic heterocycles. The molecular formula is C6H9NNa2O5. The summed E-state index contributed by atoms with van der Waals surface area (Å²) in [4.78, 5) is 20.8. The van der Waals surface area contributed by atoms with Gasteiger partial charge in [0.1, 0.15) is 5.54 Å². The monoisotopic (exact) mass is 221 g/mol. The van der Waals surface area contributed by atoms with Crippen LogP contribution < -0.4 is 74.6 Å². The van der Waals surface area contributed by atoms with Crippen LogP contribution in [-0.4, -0.2) is 36.2 Å². The van der Waals surface area contributed by atoms with Gasteiger partial charge in [0, 0.05) is 6.61 Å². The Morgan fingerprint density at radius 3 is 1.71 bits per heavy atom.